The number of amides is 2. The molecule has 1 aromatic heterocycles. The number of ether oxygens (including phenoxy) is 3. The summed E-state index contributed by atoms with van der Waals surface area (Å²) in [6, 6.07) is 19.8. The highest BCUT2D eigenvalue weighted by Gasteiger charge is 2.29. The van der Waals surface area contributed by atoms with E-state index in [1.807, 2.05) is 48.1 Å². The molecule has 2 N–H and O–H groups in total. The third-order valence-electron chi connectivity index (χ3n) is 6.63. The number of hydrogen-bond acceptors (Lipinski definition) is 6. The number of fused-ring (bicyclic) bond motifs is 1. The third-order valence-corrected chi connectivity index (χ3v) is 6.63. The third kappa shape index (κ3) is 6.43. The van der Waals surface area contributed by atoms with Gasteiger partial charge >= 0.3 is 12.1 Å². The minimum atomic E-state index is -0.852. The molecule has 208 valence electrons. The van der Waals surface area contributed by atoms with Crippen molar-refractivity contribution in [3.05, 3.63) is 89.6 Å². The zero-order valence-corrected chi connectivity index (χ0v) is 23.2. The Balaban J connectivity index is 1.51. The second-order valence-electron chi connectivity index (χ2n) is 10.1. The van der Waals surface area contributed by atoms with E-state index in [0.29, 0.717) is 29.2 Å². The van der Waals surface area contributed by atoms with E-state index >= 15 is 0 Å². The van der Waals surface area contributed by atoms with Crippen LogP contribution in [0, 0.1) is 5.41 Å². The molecule has 4 rings (SSSR count). The molecule has 0 aliphatic carbocycles. The zero-order chi connectivity index (χ0) is 28.9. The second kappa shape index (κ2) is 11.9. The van der Waals surface area contributed by atoms with Crippen LogP contribution in [-0.4, -0.2) is 43.3 Å². The summed E-state index contributed by atoms with van der Waals surface area (Å²) >= 11 is 0. The number of carbonyl (C=O) groups is 3. The molecular weight excluding hydrogens is 510 g/mol. The van der Waals surface area contributed by atoms with E-state index in [1.165, 1.54) is 7.11 Å². The Labute approximate surface area is 233 Å². The van der Waals surface area contributed by atoms with Crippen molar-refractivity contribution in [2.45, 2.75) is 20.3 Å². The molecule has 0 spiro atoms. The van der Waals surface area contributed by atoms with Gasteiger partial charge in [0.15, 0.2) is 0 Å². The average molecular weight is 544 g/mol. The van der Waals surface area contributed by atoms with Crippen LogP contribution in [-0.2, 0) is 23.0 Å². The molecule has 40 heavy (non-hydrogen) atoms. The fourth-order valence-electron chi connectivity index (χ4n) is 4.42. The van der Waals surface area contributed by atoms with Crippen molar-refractivity contribution in [1.29, 1.82) is 0 Å². The van der Waals surface area contributed by atoms with Crippen molar-refractivity contribution < 1.29 is 28.6 Å². The summed E-state index contributed by atoms with van der Waals surface area (Å²) in [5.74, 6) is 0.308. The molecule has 0 saturated carbocycles. The van der Waals surface area contributed by atoms with Gasteiger partial charge in [-0.1, -0.05) is 24.3 Å². The summed E-state index contributed by atoms with van der Waals surface area (Å²) in [5.41, 5.74) is 3.09. The minimum absolute atomic E-state index is 0.133. The van der Waals surface area contributed by atoms with Crippen LogP contribution in [0.25, 0.3) is 10.9 Å². The lowest BCUT2D eigenvalue weighted by Crippen LogP contribution is -2.39. The van der Waals surface area contributed by atoms with E-state index in [2.05, 4.69) is 10.6 Å². The first-order valence-electron chi connectivity index (χ1n) is 12.8. The molecule has 0 bridgehead atoms. The number of methoxy groups -OCH3 is 2. The van der Waals surface area contributed by atoms with Gasteiger partial charge in [-0.05, 0) is 67.4 Å². The summed E-state index contributed by atoms with van der Waals surface area (Å²) in [6.45, 7) is 3.55. The van der Waals surface area contributed by atoms with Gasteiger partial charge in [-0.3, -0.25) is 14.9 Å². The first-order chi connectivity index (χ1) is 19.1. The van der Waals surface area contributed by atoms with Crippen LogP contribution < -0.4 is 20.1 Å². The van der Waals surface area contributed by atoms with E-state index in [-0.39, 0.29) is 12.5 Å². The first kappa shape index (κ1) is 28.2. The maximum Gasteiger partial charge on any atom is 0.417 e. The van der Waals surface area contributed by atoms with Gasteiger partial charge in [-0.2, -0.15) is 0 Å². The van der Waals surface area contributed by atoms with Crippen molar-refractivity contribution in [3.63, 3.8) is 0 Å². The lowest BCUT2D eigenvalue weighted by molar-refractivity contribution is -0.150. The summed E-state index contributed by atoms with van der Waals surface area (Å²) in [4.78, 5) is 37.1. The molecule has 4 aromatic rings. The SMILES string of the molecule is COC(=O)C(C)(C)CNC(=O)c1ccc(Cc2cn(C)c3ccc(NC(=O)Oc4ccccc4)cc23)c(OC)c1. The standard InChI is InChI=1S/C31H33N3O6/c1-31(2,29(36)39-5)19-32-28(35)21-12-11-20(27(16-21)38-4)15-22-18-34(3)26-14-13-23(17-25(22)26)33-30(37)40-24-9-7-6-8-10-24/h6-14,16-18H,15,19H2,1-5H3,(H,32,35)(H,33,37). The number of aromatic nitrogens is 1. The smallest absolute Gasteiger partial charge is 0.417 e. The Morgan fingerprint density at radius 2 is 1.68 bits per heavy atom. The molecule has 0 aliphatic rings. The number of para-hydroxylation sites is 1. The Kier molecular flexibility index (Phi) is 8.43. The molecule has 9 nitrogen and oxygen atoms in total. The number of carbonyl (C=O) groups excluding carboxylic acids is 3. The number of hydrogen-bond donors (Lipinski definition) is 2. The zero-order valence-electron chi connectivity index (χ0n) is 23.2. The van der Waals surface area contributed by atoms with Crippen molar-refractivity contribution in [1.82, 2.24) is 9.88 Å². The number of esters is 1. The van der Waals surface area contributed by atoms with Gasteiger partial charge in [0.05, 0.1) is 19.6 Å². The van der Waals surface area contributed by atoms with Crippen LogP contribution in [0.2, 0.25) is 0 Å². The molecular formula is C31H33N3O6. The molecule has 2 amide bonds. The predicted octanol–water partition coefficient (Wildman–Crippen LogP) is 5.32. The Bertz CT molecular complexity index is 1540. The first-order valence-corrected chi connectivity index (χ1v) is 12.8. The number of anilines is 1. The van der Waals surface area contributed by atoms with Crippen molar-refractivity contribution in [3.8, 4) is 11.5 Å². The van der Waals surface area contributed by atoms with Gasteiger partial charge in [0, 0.05) is 48.4 Å². The quantitative estimate of drug-likeness (QED) is 0.277. The molecule has 0 fully saturated rings. The maximum absolute atomic E-state index is 12.8. The Hall–Kier alpha value is -4.79. The van der Waals surface area contributed by atoms with E-state index < -0.39 is 17.5 Å². The Morgan fingerprint density at radius 1 is 0.925 bits per heavy atom. The monoisotopic (exact) mass is 543 g/mol. The van der Waals surface area contributed by atoms with Crippen LogP contribution in [0.4, 0.5) is 10.5 Å². The molecule has 0 aliphatic heterocycles. The lowest BCUT2D eigenvalue weighted by Gasteiger charge is -2.21. The summed E-state index contributed by atoms with van der Waals surface area (Å²) in [7, 11) is 4.84. The van der Waals surface area contributed by atoms with E-state index in [1.54, 1.807) is 57.4 Å². The normalized spacial score (nSPS) is 11.1. The summed E-state index contributed by atoms with van der Waals surface area (Å²) < 4.78 is 17.8. The topological polar surface area (TPSA) is 108 Å². The van der Waals surface area contributed by atoms with Crippen molar-refractivity contribution >= 4 is 34.6 Å². The average Bonchev–Trinajstić information content (AvgIpc) is 3.25. The number of aryl methyl sites for hydroxylation is 1. The number of rotatable bonds is 9. The molecule has 9 heteroatoms. The summed E-state index contributed by atoms with van der Waals surface area (Å²) in [5, 5.41) is 6.55. The minimum Gasteiger partial charge on any atom is -0.496 e. The highest BCUT2D eigenvalue weighted by Crippen LogP contribution is 2.30. The van der Waals surface area contributed by atoms with E-state index in [0.717, 1.165) is 22.0 Å². The van der Waals surface area contributed by atoms with Crippen LogP contribution >= 0.6 is 0 Å². The second-order valence-corrected chi connectivity index (χ2v) is 10.1. The van der Waals surface area contributed by atoms with Gasteiger partial charge in [-0.25, -0.2) is 4.79 Å². The van der Waals surface area contributed by atoms with Gasteiger partial charge in [-0.15, -0.1) is 0 Å². The van der Waals surface area contributed by atoms with Crippen molar-refractivity contribution in [2.75, 3.05) is 26.1 Å². The lowest BCUT2D eigenvalue weighted by atomic mass is 9.93. The van der Waals surface area contributed by atoms with Crippen LogP contribution in [0.15, 0.2) is 72.9 Å². The van der Waals surface area contributed by atoms with Gasteiger partial charge in [0.25, 0.3) is 5.91 Å². The van der Waals surface area contributed by atoms with Crippen LogP contribution in [0.1, 0.15) is 35.3 Å². The maximum atomic E-state index is 12.8. The molecule has 0 saturated heterocycles. The molecule has 3 aromatic carbocycles. The fraction of sp³-hybridized carbons (Fsp3) is 0.258. The fourth-order valence-corrected chi connectivity index (χ4v) is 4.42. The number of nitrogens with zero attached hydrogens (tertiary/aromatic N) is 1. The summed E-state index contributed by atoms with van der Waals surface area (Å²) in [6.07, 6.45) is 2.00. The molecule has 0 unspecified atom stereocenters. The molecule has 0 atom stereocenters. The largest absolute Gasteiger partial charge is 0.496 e. The van der Waals surface area contributed by atoms with Crippen molar-refractivity contribution in [2.24, 2.45) is 12.5 Å². The molecule has 1 heterocycles. The van der Waals surface area contributed by atoms with Gasteiger partial charge in [0.1, 0.15) is 11.5 Å². The predicted molar refractivity (Wildman–Crippen MR) is 153 cm³/mol. The van der Waals surface area contributed by atoms with Crippen LogP contribution in [0.5, 0.6) is 11.5 Å². The Morgan fingerprint density at radius 3 is 2.38 bits per heavy atom. The van der Waals surface area contributed by atoms with Gasteiger partial charge < -0.3 is 24.1 Å². The van der Waals surface area contributed by atoms with Crippen LogP contribution in [0.3, 0.4) is 0 Å². The number of benzene rings is 3. The highest BCUT2D eigenvalue weighted by molar-refractivity contribution is 5.95. The highest BCUT2D eigenvalue weighted by atomic mass is 16.6. The number of nitrogens with one attached hydrogen (secondary N) is 2. The van der Waals surface area contributed by atoms with E-state index in [4.69, 9.17) is 14.2 Å². The molecule has 0 radical (unpaired) electrons. The van der Waals surface area contributed by atoms with Gasteiger partial charge in [0.2, 0.25) is 0 Å². The van der Waals surface area contributed by atoms with E-state index in [9.17, 15) is 14.4 Å².